The van der Waals surface area contributed by atoms with E-state index in [0.29, 0.717) is 0 Å². The Bertz CT molecular complexity index is 461. The monoisotopic (exact) mass is 755 g/mol. The molecule has 0 saturated heterocycles. The number of hydrogen-bond acceptors (Lipinski definition) is 0. The van der Waals surface area contributed by atoms with Crippen LogP contribution in [0.3, 0.4) is 0 Å². The van der Waals surface area contributed by atoms with Crippen molar-refractivity contribution in [3.63, 3.8) is 0 Å². The molecule has 0 aliphatic rings. The van der Waals surface area contributed by atoms with Crippen LogP contribution < -0.4 is 0 Å². The Morgan fingerprint density at radius 3 is 0.667 bits per heavy atom. The second-order valence-electron chi connectivity index (χ2n) is 10.3. The molecule has 0 aromatic heterocycles. The van der Waals surface area contributed by atoms with Crippen molar-refractivity contribution in [2.75, 3.05) is 37.0 Å². The molecule has 0 heterocycles. The van der Waals surface area contributed by atoms with Crippen LogP contribution in [0.1, 0.15) is 119 Å². The maximum atomic E-state index is 2.89. The van der Waals surface area contributed by atoms with Gasteiger partial charge in [-0.15, -0.1) is 0 Å². The third kappa shape index (κ3) is 38.0. The third-order valence-electron chi connectivity index (χ3n) is 6.52. The molecule has 0 atom stereocenters. The molecule has 0 aliphatic heterocycles. The molecule has 2 aromatic rings. The van der Waals surface area contributed by atoms with Crippen LogP contribution in [0.15, 0.2) is 60.7 Å². The zero-order valence-corrected chi connectivity index (χ0v) is 31.1. The first kappa shape index (κ1) is 43.4. The summed E-state index contributed by atoms with van der Waals surface area (Å²) in [5.41, 5.74) is 0. The fraction of sp³-hybridized carbons (Fsp3) is 0.667. The summed E-state index contributed by atoms with van der Waals surface area (Å²) in [4.78, 5) is 0. The van der Waals surface area contributed by atoms with Gasteiger partial charge in [0.1, 0.15) is 0 Å². The van der Waals surface area contributed by atoms with Gasteiger partial charge in [-0.05, 0) is 38.5 Å². The van der Waals surface area contributed by atoms with Crippen LogP contribution in [0.25, 0.3) is 0 Å². The predicted molar refractivity (Wildman–Crippen MR) is 186 cm³/mol. The van der Waals surface area contributed by atoms with Crippen LogP contribution >= 0.6 is 15.8 Å². The summed E-state index contributed by atoms with van der Waals surface area (Å²) in [6.07, 6.45) is 26.8. The third-order valence-corrected chi connectivity index (χ3v) is 12.9. The molecule has 228 valence electrons. The van der Waals surface area contributed by atoms with E-state index in [2.05, 4.69) is 53.7 Å². The maximum Gasteiger partial charge on any atom is 2.00 e. The Morgan fingerprint density at radius 2 is 0.564 bits per heavy atom. The summed E-state index contributed by atoms with van der Waals surface area (Å²) in [6, 6.07) is 25.0. The Hall–Kier alpha value is -0.0117. The number of unbranched alkanes of at least 4 members (excludes halogenated alkanes) is 6. The van der Waals surface area contributed by atoms with Crippen molar-refractivity contribution in [1.29, 1.82) is 0 Å². The smallest absolute Gasteiger partial charge is 0.184 e. The summed E-state index contributed by atoms with van der Waals surface area (Å²) < 4.78 is 0. The molecule has 2 rings (SSSR count). The summed E-state index contributed by atoms with van der Waals surface area (Å²) in [5, 5.41) is 0. The van der Waals surface area contributed by atoms with Crippen molar-refractivity contribution in [3.8, 4) is 0 Å². The topological polar surface area (TPSA) is 0 Å². The van der Waals surface area contributed by atoms with Crippen molar-refractivity contribution in [2.24, 2.45) is 0 Å². The fourth-order valence-electron chi connectivity index (χ4n) is 3.99. The largest absolute Gasteiger partial charge is 2.00 e. The van der Waals surface area contributed by atoms with Gasteiger partial charge in [-0.2, -0.15) is 72.8 Å². The second kappa shape index (κ2) is 40.1. The van der Waals surface area contributed by atoms with Crippen LogP contribution in [-0.2, 0) is 21.1 Å². The quantitative estimate of drug-likeness (QED) is 0.105. The van der Waals surface area contributed by atoms with Gasteiger partial charge in [0.05, 0.1) is 37.0 Å². The van der Waals surface area contributed by atoms with Gasteiger partial charge < -0.3 is 0 Å². The van der Waals surface area contributed by atoms with Gasteiger partial charge in [0.25, 0.3) is 0 Å². The molecule has 0 N–H and O–H groups in total. The Morgan fingerprint density at radius 1 is 0.359 bits per heavy atom. The normalized spacial score (nSPS) is 9.85. The van der Waals surface area contributed by atoms with Crippen molar-refractivity contribution in [1.82, 2.24) is 0 Å². The number of rotatable bonds is 18. The van der Waals surface area contributed by atoms with Crippen molar-refractivity contribution in [3.05, 3.63) is 72.8 Å². The standard InChI is InChI=1S/2C12H27P.2C6H5.Pt/c2*1-4-7-10-13(11-8-5-2)12-9-6-3;2*1-2-4-6-5-3-1;/h2*4-12H2,1-3H3;2*1-5H;/q;;2*-1;+2/p+2. The van der Waals surface area contributed by atoms with E-state index in [1.807, 2.05) is 60.7 Å². The molecule has 0 aliphatic carbocycles. The SMILES string of the molecule is CCCC[PH+](CCCC)CCCC.CCCC[PH+](CCCC)CCCC.[Pt+2].[c-]1ccccc1.[c-]1ccccc1. The molecule has 0 bridgehead atoms. The summed E-state index contributed by atoms with van der Waals surface area (Å²) in [6.45, 7) is 13.9. The minimum absolute atomic E-state index is 0. The van der Waals surface area contributed by atoms with Crippen molar-refractivity contribution < 1.29 is 21.1 Å². The van der Waals surface area contributed by atoms with Crippen LogP contribution in [-0.4, -0.2) is 37.0 Å². The van der Waals surface area contributed by atoms with Crippen molar-refractivity contribution in [2.45, 2.75) is 119 Å². The molecule has 2 aromatic carbocycles. The molecule has 3 heteroatoms. The van der Waals surface area contributed by atoms with Gasteiger partial charge in [-0.25, -0.2) is 0 Å². The minimum Gasteiger partial charge on any atom is -0.184 e. The van der Waals surface area contributed by atoms with Gasteiger partial charge in [0, 0.05) is 15.8 Å². The average Bonchev–Trinajstić information content (AvgIpc) is 2.99. The maximum absolute atomic E-state index is 2.89. The Kier molecular flexibility index (Phi) is 44.7. The first-order valence-electron chi connectivity index (χ1n) is 16.2. The van der Waals surface area contributed by atoms with Crippen LogP contribution in [0.4, 0.5) is 0 Å². The molecule has 39 heavy (non-hydrogen) atoms. The van der Waals surface area contributed by atoms with Gasteiger partial charge in [0.15, 0.2) is 0 Å². The fourth-order valence-corrected chi connectivity index (χ4v) is 10.6. The minimum atomic E-state index is 0. The molecular weight excluding hydrogens is 689 g/mol. The van der Waals surface area contributed by atoms with E-state index >= 15 is 0 Å². The summed E-state index contributed by atoms with van der Waals surface area (Å²) in [5.74, 6) is 0. The van der Waals surface area contributed by atoms with E-state index in [0.717, 1.165) is 0 Å². The first-order chi connectivity index (χ1) is 18.7. The summed E-state index contributed by atoms with van der Waals surface area (Å²) in [7, 11) is 0.135. The number of hydrogen-bond donors (Lipinski definition) is 0. The zero-order chi connectivity index (χ0) is 28.4. The van der Waals surface area contributed by atoms with E-state index in [1.54, 1.807) is 37.0 Å². The van der Waals surface area contributed by atoms with E-state index in [1.165, 1.54) is 77.0 Å². The second-order valence-corrected chi connectivity index (χ2v) is 16.3. The van der Waals surface area contributed by atoms with E-state index < -0.39 is 0 Å². The van der Waals surface area contributed by atoms with E-state index in [4.69, 9.17) is 0 Å². The molecule has 0 spiro atoms. The summed E-state index contributed by atoms with van der Waals surface area (Å²) >= 11 is 0. The zero-order valence-electron chi connectivity index (χ0n) is 26.8. The Labute approximate surface area is 264 Å². The molecule has 0 nitrogen and oxygen atoms in total. The van der Waals surface area contributed by atoms with Gasteiger partial charge >= 0.3 is 21.1 Å². The van der Waals surface area contributed by atoms with Gasteiger partial charge in [-0.3, -0.25) is 0 Å². The van der Waals surface area contributed by atoms with Gasteiger partial charge in [0.2, 0.25) is 0 Å². The molecule has 0 saturated carbocycles. The van der Waals surface area contributed by atoms with Gasteiger partial charge in [-0.1, -0.05) is 80.1 Å². The predicted octanol–water partition coefficient (Wildman–Crippen LogP) is 12.2. The molecule has 0 fully saturated rings. The van der Waals surface area contributed by atoms with E-state index in [9.17, 15) is 0 Å². The van der Waals surface area contributed by atoms with Crippen LogP contribution in [0, 0.1) is 12.1 Å². The average molecular weight is 756 g/mol. The molecular formula is C36H66P2Pt+2. The van der Waals surface area contributed by atoms with Crippen LogP contribution in [0.2, 0.25) is 0 Å². The van der Waals surface area contributed by atoms with E-state index in [-0.39, 0.29) is 36.9 Å². The number of benzene rings is 2. The first-order valence-corrected chi connectivity index (χ1v) is 20.4. The molecule has 0 unspecified atom stereocenters. The van der Waals surface area contributed by atoms with Crippen LogP contribution in [0.5, 0.6) is 0 Å². The molecule has 0 radical (unpaired) electrons. The Balaban J connectivity index is -0.000000463. The van der Waals surface area contributed by atoms with Crippen molar-refractivity contribution >= 4 is 15.8 Å². The molecule has 0 amide bonds.